The molecule has 1 aromatic rings. The summed E-state index contributed by atoms with van der Waals surface area (Å²) in [5.74, 6) is -0.319. The molecule has 2 aliphatic rings. The molecule has 21 heavy (non-hydrogen) atoms. The minimum atomic E-state index is -0.849. The fourth-order valence-electron chi connectivity index (χ4n) is 3.31. The van der Waals surface area contributed by atoms with Gasteiger partial charge in [-0.2, -0.15) is 0 Å². The molecule has 7 nitrogen and oxygen atoms in total. The summed E-state index contributed by atoms with van der Waals surface area (Å²) in [5.41, 5.74) is 5.30. The molecule has 2 atom stereocenters. The first kappa shape index (κ1) is 14.8. The van der Waals surface area contributed by atoms with Crippen LogP contribution in [0.25, 0.3) is 0 Å². The van der Waals surface area contributed by atoms with Crippen molar-refractivity contribution in [2.45, 2.75) is 66.9 Å². The predicted molar refractivity (Wildman–Crippen MR) is 77.8 cm³/mol. The van der Waals surface area contributed by atoms with Crippen LogP contribution >= 0.6 is 11.8 Å². The second kappa shape index (κ2) is 5.92. The van der Waals surface area contributed by atoms with E-state index in [4.69, 9.17) is 10.5 Å². The Labute approximate surface area is 128 Å². The Morgan fingerprint density at radius 3 is 2.90 bits per heavy atom. The van der Waals surface area contributed by atoms with E-state index in [1.165, 1.54) is 20.0 Å². The number of hydrogen-bond donors (Lipinski definition) is 1. The van der Waals surface area contributed by atoms with Crippen LogP contribution < -0.4 is 5.73 Å². The largest absolute Gasteiger partial charge is 0.468 e. The second-order valence-electron chi connectivity index (χ2n) is 5.97. The number of tetrazole rings is 1. The maximum atomic E-state index is 11.8. The highest BCUT2D eigenvalue weighted by atomic mass is 32.2. The van der Waals surface area contributed by atoms with Gasteiger partial charge in [-0.05, 0) is 42.5 Å². The molecule has 2 N–H and O–H groups in total. The van der Waals surface area contributed by atoms with Gasteiger partial charge < -0.3 is 10.5 Å². The van der Waals surface area contributed by atoms with Crippen molar-refractivity contribution in [3.8, 4) is 0 Å². The highest BCUT2D eigenvalue weighted by Gasteiger charge is 2.43. The Hall–Kier alpha value is -1.15. The van der Waals surface area contributed by atoms with Crippen molar-refractivity contribution < 1.29 is 9.53 Å². The van der Waals surface area contributed by atoms with Crippen molar-refractivity contribution in [2.24, 2.45) is 5.73 Å². The summed E-state index contributed by atoms with van der Waals surface area (Å²) in [6, 6.07) is 0.423. The summed E-state index contributed by atoms with van der Waals surface area (Å²) >= 11 is 1.64. The molecular weight excluding hydrogens is 290 g/mol. The highest BCUT2D eigenvalue weighted by Crippen LogP contribution is 2.40. The van der Waals surface area contributed by atoms with E-state index in [2.05, 4.69) is 15.5 Å². The molecular formula is C13H21N5O2S. The summed E-state index contributed by atoms with van der Waals surface area (Å²) in [6.45, 7) is 0. The fourth-order valence-corrected chi connectivity index (χ4v) is 4.60. The molecule has 1 heterocycles. The molecule has 116 valence electrons. The molecule has 0 aliphatic heterocycles. The Bertz CT molecular complexity index is 516. The van der Waals surface area contributed by atoms with Gasteiger partial charge in [0.2, 0.25) is 5.16 Å². The molecule has 0 amide bonds. The SMILES string of the molecule is COC(=O)C1(N)CCC(Sc2nnnn2C2CCCC2)C1. The number of esters is 1. The van der Waals surface area contributed by atoms with Gasteiger partial charge in [-0.1, -0.05) is 24.6 Å². The van der Waals surface area contributed by atoms with Gasteiger partial charge in [-0.15, -0.1) is 5.10 Å². The van der Waals surface area contributed by atoms with Crippen LogP contribution in [0.15, 0.2) is 5.16 Å². The summed E-state index contributed by atoms with van der Waals surface area (Å²) in [4.78, 5) is 11.8. The molecule has 0 bridgehead atoms. The van der Waals surface area contributed by atoms with Crippen molar-refractivity contribution in [3.05, 3.63) is 0 Å². The van der Waals surface area contributed by atoms with Crippen molar-refractivity contribution in [1.82, 2.24) is 20.2 Å². The standard InChI is InChI=1S/C13H21N5O2S/c1-20-11(19)13(14)7-6-10(8-13)21-12-15-16-17-18(12)9-4-2-3-5-9/h9-10H,2-8,14H2,1H3. The van der Waals surface area contributed by atoms with Crippen molar-refractivity contribution in [2.75, 3.05) is 7.11 Å². The van der Waals surface area contributed by atoms with Crippen molar-refractivity contribution in [3.63, 3.8) is 0 Å². The minimum Gasteiger partial charge on any atom is -0.468 e. The summed E-state index contributed by atoms with van der Waals surface area (Å²) in [6.07, 6.45) is 6.93. The molecule has 2 aliphatic carbocycles. The number of aromatic nitrogens is 4. The number of thioether (sulfide) groups is 1. The summed E-state index contributed by atoms with van der Waals surface area (Å²) in [5, 5.41) is 13.2. The van der Waals surface area contributed by atoms with Crippen LogP contribution in [0.3, 0.4) is 0 Å². The second-order valence-corrected chi connectivity index (χ2v) is 7.24. The van der Waals surface area contributed by atoms with Crippen LogP contribution in [0.4, 0.5) is 0 Å². The van der Waals surface area contributed by atoms with Crippen molar-refractivity contribution >= 4 is 17.7 Å². The van der Waals surface area contributed by atoms with E-state index in [0.717, 1.165) is 24.4 Å². The maximum absolute atomic E-state index is 11.8. The van der Waals surface area contributed by atoms with Gasteiger partial charge in [0.1, 0.15) is 5.54 Å². The van der Waals surface area contributed by atoms with E-state index in [9.17, 15) is 4.79 Å². The number of hydrogen-bond acceptors (Lipinski definition) is 7. The lowest BCUT2D eigenvalue weighted by Gasteiger charge is -2.20. The molecule has 1 aromatic heterocycles. The molecule has 0 aromatic carbocycles. The van der Waals surface area contributed by atoms with Crippen LogP contribution in [0, 0.1) is 0 Å². The van der Waals surface area contributed by atoms with Crippen LogP contribution in [-0.4, -0.2) is 44.1 Å². The zero-order valence-corrected chi connectivity index (χ0v) is 13.0. The van der Waals surface area contributed by atoms with Gasteiger partial charge in [0.15, 0.2) is 0 Å². The third-order valence-corrected chi connectivity index (χ3v) is 5.72. The number of carbonyl (C=O) groups is 1. The number of ether oxygens (including phenoxy) is 1. The van der Waals surface area contributed by atoms with Crippen LogP contribution in [-0.2, 0) is 9.53 Å². The Morgan fingerprint density at radius 1 is 1.43 bits per heavy atom. The molecule has 0 saturated heterocycles. The molecule has 2 saturated carbocycles. The van der Waals surface area contributed by atoms with Gasteiger partial charge in [0, 0.05) is 5.25 Å². The van der Waals surface area contributed by atoms with Gasteiger partial charge in [0.25, 0.3) is 0 Å². The number of methoxy groups -OCH3 is 1. The quantitative estimate of drug-likeness (QED) is 0.837. The smallest absolute Gasteiger partial charge is 0.325 e. The van der Waals surface area contributed by atoms with E-state index >= 15 is 0 Å². The maximum Gasteiger partial charge on any atom is 0.325 e. The average molecular weight is 311 g/mol. The Morgan fingerprint density at radius 2 is 2.19 bits per heavy atom. The molecule has 0 radical (unpaired) electrons. The van der Waals surface area contributed by atoms with Gasteiger partial charge in [-0.25, -0.2) is 4.68 Å². The molecule has 3 rings (SSSR count). The third-order valence-electron chi connectivity index (χ3n) is 4.50. The predicted octanol–water partition coefficient (Wildman–Crippen LogP) is 1.30. The number of rotatable bonds is 4. The monoisotopic (exact) mass is 311 g/mol. The minimum absolute atomic E-state index is 0.264. The van der Waals surface area contributed by atoms with E-state index in [0.29, 0.717) is 18.9 Å². The van der Waals surface area contributed by atoms with Gasteiger partial charge in [0.05, 0.1) is 13.2 Å². The summed E-state index contributed by atoms with van der Waals surface area (Å²) in [7, 11) is 1.39. The number of carbonyl (C=O) groups excluding carboxylic acids is 1. The fraction of sp³-hybridized carbons (Fsp3) is 0.846. The molecule has 2 unspecified atom stereocenters. The van der Waals surface area contributed by atoms with E-state index in [-0.39, 0.29) is 11.2 Å². The van der Waals surface area contributed by atoms with E-state index < -0.39 is 5.54 Å². The summed E-state index contributed by atoms with van der Waals surface area (Å²) < 4.78 is 6.76. The van der Waals surface area contributed by atoms with E-state index in [1.54, 1.807) is 11.8 Å². The lowest BCUT2D eigenvalue weighted by Crippen LogP contribution is -2.46. The Kier molecular flexibility index (Phi) is 4.17. The van der Waals surface area contributed by atoms with Gasteiger partial charge in [-0.3, -0.25) is 4.79 Å². The molecule has 0 spiro atoms. The average Bonchev–Trinajstić information content (AvgIpc) is 3.19. The highest BCUT2D eigenvalue weighted by molar-refractivity contribution is 7.99. The van der Waals surface area contributed by atoms with Gasteiger partial charge >= 0.3 is 5.97 Å². The Balaban J connectivity index is 1.66. The van der Waals surface area contributed by atoms with E-state index in [1.807, 2.05) is 4.68 Å². The van der Waals surface area contributed by atoms with Crippen LogP contribution in [0.2, 0.25) is 0 Å². The number of nitrogens with two attached hydrogens (primary N) is 1. The number of nitrogens with zero attached hydrogens (tertiary/aromatic N) is 4. The first-order valence-corrected chi connectivity index (χ1v) is 8.32. The topological polar surface area (TPSA) is 95.9 Å². The van der Waals surface area contributed by atoms with Crippen LogP contribution in [0.5, 0.6) is 0 Å². The zero-order valence-electron chi connectivity index (χ0n) is 12.2. The molecule has 2 fully saturated rings. The molecule has 8 heteroatoms. The lowest BCUT2D eigenvalue weighted by atomic mass is 10.00. The third kappa shape index (κ3) is 2.91. The normalized spacial score (nSPS) is 29.9. The van der Waals surface area contributed by atoms with Crippen molar-refractivity contribution in [1.29, 1.82) is 0 Å². The lowest BCUT2D eigenvalue weighted by molar-refractivity contribution is -0.146. The zero-order chi connectivity index (χ0) is 14.9. The first-order valence-electron chi connectivity index (χ1n) is 7.44. The first-order chi connectivity index (χ1) is 10.1. The van der Waals surface area contributed by atoms with Crippen LogP contribution in [0.1, 0.15) is 51.0 Å².